The van der Waals surface area contributed by atoms with Gasteiger partial charge in [-0.3, -0.25) is 4.79 Å². The molecule has 21 heavy (non-hydrogen) atoms. The van der Waals surface area contributed by atoms with Crippen molar-refractivity contribution in [3.63, 3.8) is 0 Å². The summed E-state index contributed by atoms with van der Waals surface area (Å²) in [5.41, 5.74) is 3.09. The summed E-state index contributed by atoms with van der Waals surface area (Å²) in [5.74, 6) is 0.0835. The van der Waals surface area contributed by atoms with Gasteiger partial charge in [0.15, 0.2) is 5.78 Å². The molecule has 2 aromatic heterocycles. The molecule has 1 unspecified atom stereocenters. The van der Waals surface area contributed by atoms with E-state index >= 15 is 0 Å². The zero-order valence-electron chi connectivity index (χ0n) is 11.9. The largest absolute Gasteiger partial charge is 0.382 e. The second-order valence-electron chi connectivity index (χ2n) is 5.06. The zero-order valence-corrected chi connectivity index (χ0v) is 11.9. The lowest BCUT2D eigenvalue weighted by Gasteiger charge is -2.15. The first kappa shape index (κ1) is 13.6. The summed E-state index contributed by atoms with van der Waals surface area (Å²) < 4.78 is 1.92. The molecule has 1 aromatic carbocycles. The van der Waals surface area contributed by atoms with Gasteiger partial charge in [0.1, 0.15) is 6.10 Å². The van der Waals surface area contributed by atoms with E-state index in [2.05, 4.69) is 0 Å². The fourth-order valence-electron chi connectivity index (χ4n) is 2.56. The van der Waals surface area contributed by atoms with Crippen LogP contribution in [0.25, 0.3) is 5.52 Å². The molecule has 0 amide bonds. The molecule has 106 valence electrons. The number of carbonyl (C=O) groups is 1. The van der Waals surface area contributed by atoms with Crippen LogP contribution in [0.1, 0.15) is 41.1 Å². The third-order valence-electron chi connectivity index (χ3n) is 3.70. The molecule has 1 atom stereocenters. The predicted molar refractivity (Wildman–Crippen MR) is 82.5 cm³/mol. The summed E-state index contributed by atoms with van der Waals surface area (Å²) in [6, 6.07) is 17.0. The minimum atomic E-state index is -0.759. The van der Waals surface area contributed by atoms with Crippen molar-refractivity contribution in [2.75, 3.05) is 0 Å². The van der Waals surface area contributed by atoms with E-state index in [4.69, 9.17) is 0 Å². The molecule has 1 N–H and O–H groups in total. The van der Waals surface area contributed by atoms with Crippen molar-refractivity contribution < 1.29 is 9.90 Å². The number of hydrogen-bond acceptors (Lipinski definition) is 2. The van der Waals surface area contributed by atoms with Crippen LogP contribution in [0.4, 0.5) is 0 Å². The van der Waals surface area contributed by atoms with Gasteiger partial charge >= 0.3 is 0 Å². The SMILES string of the molecule is CCC(=O)c1cc(C(O)c2ccccc2)n2cccc2c1. The standard InChI is InChI=1S/C18H17NO2/c1-2-17(20)14-11-15-9-6-10-19(15)16(12-14)18(21)13-7-4-3-5-8-13/h3-12,18,21H,2H2,1H3. The number of rotatable bonds is 4. The van der Waals surface area contributed by atoms with E-state index in [9.17, 15) is 9.90 Å². The maximum absolute atomic E-state index is 12.0. The van der Waals surface area contributed by atoms with Gasteiger partial charge in [0.25, 0.3) is 0 Å². The lowest BCUT2D eigenvalue weighted by atomic mass is 10.0. The van der Waals surface area contributed by atoms with Crippen LogP contribution >= 0.6 is 0 Å². The van der Waals surface area contributed by atoms with Crippen LogP contribution in [0.2, 0.25) is 0 Å². The van der Waals surface area contributed by atoms with E-state index in [1.807, 2.05) is 66.1 Å². The number of Topliss-reactive ketones (excluding diaryl/α,β-unsaturated/α-hetero) is 1. The average Bonchev–Trinajstić information content (AvgIpc) is 3.01. The summed E-state index contributed by atoms with van der Waals surface area (Å²) in [7, 11) is 0. The summed E-state index contributed by atoms with van der Waals surface area (Å²) in [5, 5.41) is 10.7. The Morgan fingerprint density at radius 1 is 1.14 bits per heavy atom. The molecule has 0 aliphatic heterocycles. The van der Waals surface area contributed by atoms with Gasteiger partial charge in [0.05, 0.1) is 5.69 Å². The zero-order chi connectivity index (χ0) is 14.8. The molecule has 0 bridgehead atoms. The molecule has 0 saturated carbocycles. The Balaban J connectivity index is 2.16. The fourth-order valence-corrected chi connectivity index (χ4v) is 2.56. The van der Waals surface area contributed by atoms with Crippen molar-refractivity contribution in [3.8, 4) is 0 Å². The van der Waals surface area contributed by atoms with Crippen LogP contribution in [-0.4, -0.2) is 15.3 Å². The molecular weight excluding hydrogens is 262 g/mol. The van der Waals surface area contributed by atoms with Crippen LogP contribution in [0.15, 0.2) is 60.8 Å². The summed E-state index contributed by atoms with van der Waals surface area (Å²) in [6.07, 6.45) is 1.60. The highest BCUT2D eigenvalue weighted by Crippen LogP contribution is 2.25. The monoisotopic (exact) mass is 279 g/mol. The molecule has 3 rings (SSSR count). The van der Waals surface area contributed by atoms with Crippen molar-refractivity contribution in [2.45, 2.75) is 19.4 Å². The topological polar surface area (TPSA) is 41.7 Å². The Bertz CT molecular complexity index is 774. The number of aromatic nitrogens is 1. The molecule has 3 heteroatoms. The molecule has 0 fully saturated rings. The highest BCUT2D eigenvalue weighted by Gasteiger charge is 2.16. The first-order valence-corrected chi connectivity index (χ1v) is 7.08. The normalized spacial score (nSPS) is 12.5. The number of nitrogens with zero attached hydrogens (tertiary/aromatic N) is 1. The maximum Gasteiger partial charge on any atom is 0.162 e. The number of aliphatic hydroxyl groups is 1. The van der Waals surface area contributed by atoms with Crippen LogP contribution in [-0.2, 0) is 0 Å². The Labute approximate surface area is 123 Å². The molecule has 0 spiro atoms. The van der Waals surface area contributed by atoms with Crippen molar-refractivity contribution in [2.24, 2.45) is 0 Å². The van der Waals surface area contributed by atoms with Crippen LogP contribution in [0.3, 0.4) is 0 Å². The smallest absolute Gasteiger partial charge is 0.162 e. The van der Waals surface area contributed by atoms with E-state index < -0.39 is 6.10 Å². The number of fused-ring (bicyclic) bond motifs is 1. The van der Waals surface area contributed by atoms with Crippen molar-refractivity contribution in [1.29, 1.82) is 0 Å². The lowest BCUT2D eigenvalue weighted by molar-refractivity contribution is 0.0988. The predicted octanol–water partition coefficient (Wildman–Crippen LogP) is 3.61. The van der Waals surface area contributed by atoms with Crippen molar-refractivity contribution >= 4 is 11.3 Å². The maximum atomic E-state index is 12.0. The summed E-state index contributed by atoms with van der Waals surface area (Å²) >= 11 is 0. The number of carbonyl (C=O) groups excluding carboxylic acids is 1. The third kappa shape index (κ3) is 2.48. The van der Waals surface area contributed by atoms with Gasteiger partial charge in [0.2, 0.25) is 0 Å². The molecule has 3 aromatic rings. The number of aliphatic hydroxyl groups excluding tert-OH is 1. The van der Waals surface area contributed by atoms with E-state index in [1.54, 1.807) is 6.07 Å². The van der Waals surface area contributed by atoms with E-state index in [1.165, 1.54) is 0 Å². The fraction of sp³-hybridized carbons (Fsp3) is 0.167. The number of hydrogen-bond donors (Lipinski definition) is 1. The molecular formula is C18H17NO2. The Kier molecular flexibility index (Phi) is 3.59. The van der Waals surface area contributed by atoms with Crippen LogP contribution in [0, 0.1) is 0 Å². The molecule has 0 saturated heterocycles. The number of benzene rings is 1. The van der Waals surface area contributed by atoms with E-state index in [0.717, 1.165) is 11.1 Å². The first-order chi connectivity index (χ1) is 10.2. The van der Waals surface area contributed by atoms with Crippen LogP contribution in [0.5, 0.6) is 0 Å². The Hall–Kier alpha value is -2.39. The van der Waals surface area contributed by atoms with Gasteiger partial charge in [-0.2, -0.15) is 0 Å². The van der Waals surface area contributed by atoms with Gasteiger partial charge in [-0.05, 0) is 29.8 Å². The Morgan fingerprint density at radius 2 is 1.90 bits per heavy atom. The highest BCUT2D eigenvalue weighted by atomic mass is 16.3. The van der Waals surface area contributed by atoms with Gasteiger partial charge in [-0.1, -0.05) is 37.3 Å². The first-order valence-electron chi connectivity index (χ1n) is 7.08. The van der Waals surface area contributed by atoms with Gasteiger partial charge in [0, 0.05) is 23.7 Å². The lowest BCUT2D eigenvalue weighted by Crippen LogP contribution is -2.08. The second kappa shape index (κ2) is 5.54. The van der Waals surface area contributed by atoms with Crippen molar-refractivity contribution in [3.05, 3.63) is 77.6 Å². The van der Waals surface area contributed by atoms with E-state index in [-0.39, 0.29) is 5.78 Å². The van der Waals surface area contributed by atoms with Crippen molar-refractivity contribution in [1.82, 2.24) is 4.40 Å². The summed E-state index contributed by atoms with van der Waals surface area (Å²) in [6.45, 7) is 1.85. The average molecular weight is 279 g/mol. The quantitative estimate of drug-likeness (QED) is 0.741. The molecule has 2 heterocycles. The molecule has 0 aliphatic carbocycles. The van der Waals surface area contributed by atoms with Crippen LogP contribution < -0.4 is 0 Å². The van der Waals surface area contributed by atoms with Gasteiger partial charge in [-0.15, -0.1) is 0 Å². The third-order valence-corrected chi connectivity index (χ3v) is 3.70. The molecule has 0 radical (unpaired) electrons. The second-order valence-corrected chi connectivity index (χ2v) is 5.06. The summed E-state index contributed by atoms with van der Waals surface area (Å²) in [4.78, 5) is 12.0. The minimum Gasteiger partial charge on any atom is -0.382 e. The highest BCUT2D eigenvalue weighted by molar-refractivity contribution is 5.97. The van der Waals surface area contributed by atoms with Gasteiger partial charge < -0.3 is 9.51 Å². The Morgan fingerprint density at radius 3 is 2.62 bits per heavy atom. The van der Waals surface area contributed by atoms with E-state index in [0.29, 0.717) is 17.7 Å². The molecule has 0 aliphatic rings. The van der Waals surface area contributed by atoms with Gasteiger partial charge in [-0.25, -0.2) is 0 Å². The number of ketones is 1. The minimum absolute atomic E-state index is 0.0835. The number of pyridine rings is 1. The molecule has 3 nitrogen and oxygen atoms in total.